The average Bonchev–Trinajstić information content (AvgIpc) is 2.60. The molecule has 0 aromatic rings. The van der Waals surface area contributed by atoms with Crippen LogP contribution in [0.15, 0.2) is 10.2 Å². The summed E-state index contributed by atoms with van der Waals surface area (Å²) >= 11 is 0. The van der Waals surface area contributed by atoms with E-state index in [2.05, 4.69) is 10.2 Å². The molecule has 31 heavy (non-hydrogen) atoms. The molecule has 9 unspecified atom stereocenters. The van der Waals surface area contributed by atoms with Gasteiger partial charge in [-0.05, 0) is 62.2 Å². The van der Waals surface area contributed by atoms with E-state index in [9.17, 15) is 31.0 Å². The van der Waals surface area contributed by atoms with Gasteiger partial charge in [-0.25, -0.2) is 16.8 Å². The van der Waals surface area contributed by atoms with Crippen LogP contribution in [0, 0.1) is 23.7 Å². The summed E-state index contributed by atoms with van der Waals surface area (Å²) in [6.45, 7) is 3.77. The average molecular weight is 497 g/mol. The van der Waals surface area contributed by atoms with Crippen molar-refractivity contribution in [1.29, 1.82) is 0 Å². The van der Waals surface area contributed by atoms with E-state index in [0.717, 1.165) is 6.42 Å². The summed E-state index contributed by atoms with van der Waals surface area (Å²) in [5.74, 6) is -0.719. The minimum atomic E-state index is -4.52. The smallest absolute Gasteiger partial charge is 0.748 e. The van der Waals surface area contributed by atoms with Crippen LogP contribution in [-0.2, 0) is 20.2 Å². The Hall–Kier alpha value is 1.38. The third kappa shape index (κ3) is 7.19. The molecule has 9 nitrogen and oxygen atoms in total. The molecule has 0 saturated heterocycles. The van der Waals surface area contributed by atoms with Crippen LogP contribution in [-0.4, -0.2) is 59.7 Å². The summed E-state index contributed by atoms with van der Waals surface area (Å²) in [4.78, 5) is 0. The second-order valence-corrected chi connectivity index (χ2v) is 12.4. The molecule has 1 N–H and O–H groups in total. The molecule has 13 heteroatoms. The Bertz CT molecular complexity index is 840. The summed E-state index contributed by atoms with van der Waals surface area (Å²) in [5.41, 5.74) is 0. The Morgan fingerprint density at radius 2 is 1.42 bits per heavy atom. The van der Waals surface area contributed by atoms with Gasteiger partial charge in [0.2, 0.25) is 0 Å². The molecule has 9 atom stereocenters. The maximum absolute atomic E-state index is 11.7. The topological polar surface area (TPSA) is 159 Å². The molecule has 0 spiro atoms. The van der Waals surface area contributed by atoms with E-state index in [4.69, 9.17) is 0 Å². The predicted molar refractivity (Wildman–Crippen MR) is 103 cm³/mol. The maximum atomic E-state index is 11.7. The van der Waals surface area contributed by atoms with Crippen LogP contribution < -0.4 is 59.1 Å². The van der Waals surface area contributed by atoms with Gasteiger partial charge < -0.3 is 14.2 Å². The number of hydrogen-bond donors (Lipinski definition) is 1. The predicted octanol–water partition coefficient (Wildman–Crippen LogP) is -4.35. The summed E-state index contributed by atoms with van der Waals surface area (Å²) in [6, 6.07) is -1.31. The van der Waals surface area contributed by atoms with Gasteiger partial charge in [0.25, 0.3) is 0 Å². The molecule has 0 heterocycles. The second-order valence-electron chi connectivity index (χ2n) is 9.23. The molecule has 0 aromatic heterocycles. The zero-order chi connectivity index (χ0) is 21.6. The molecular formula is C18H30N2Na2O7S2. The Kier molecular flexibility index (Phi) is 11.7. The van der Waals surface area contributed by atoms with Crippen LogP contribution in [0.2, 0.25) is 0 Å². The third-order valence-corrected chi connectivity index (χ3v) is 9.68. The van der Waals surface area contributed by atoms with E-state index in [1.165, 1.54) is 0 Å². The SMILES string of the molecule is CC1CC(C)C(N=NC2CCC3C(CCCC3S(=O)(=O)[O-])C2O)C(S(=O)(=O)[O-])C1.[Na+].[Na+]. The summed E-state index contributed by atoms with van der Waals surface area (Å²) in [7, 11) is -8.94. The molecule has 0 aliphatic heterocycles. The molecule has 3 fully saturated rings. The van der Waals surface area contributed by atoms with Crippen molar-refractivity contribution in [3.63, 3.8) is 0 Å². The number of aliphatic hydroxyl groups excluding tert-OH is 1. The van der Waals surface area contributed by atoms with E-state index in [0.29, 0.717) is 32.1 Å². The van der Waals surface area contributed by atoms with E-state index in [1.54, 1.807) is 0 Å². The van der Waals surface area contributed by atoms with Crippen LogP contribution in [0.25, 0.3) is 0 Å². The maximum Gasteiger partial charge on any atom is 1.00 e. The van der Waals surface area contributed by atoms with Crippen molar-refractivity contribution in [3.05, 3.63) is 0 Å². The fourth-order valence-corrected chi connectivity index (χ4v) is 8.25. The Morgan fingerprint density at radius 3 is 2.00 bits per heavy atom. The van der Waals surface area contributed by atoms with Gasteiger partial charge in [0, 0.05) is 0 Å². The third-order valence-electron chi connectivity index (χ3n) is 7.14. The Labute approximate surface area is 229 Å². The fourth-order valence-electron chi connectivity index (χ4n) is 5.80. The quantitative estimate of drug-likeness (QED) is 0.234. The molecule has 3 aliphatic rings. The number of rotatable bonds is 4. The first-order valence-corrected chi connectivity index (χ1v) is 13.3. The normalized spacial score (nSPS) is 41.6. The number of nitrogens with zero attached hydrogens (tertiary/aromatic N) is 2. The number of hydrogen-bond acceptors (Lipinski definition) is 9. The zero-order valence-electron chi connectivity index (χ0n) is 18.8. The van der Waals surface area contributed by atoms with Gasteiger partial charge in [-0.3, -0.25) is 0 Å². The Balaban J connectivity index is 0.00000240. The first kappa shape index (κ1) is 30.4. The minimum absolute atomic E-state index is 0. The summed E-state index contributed by atoms with van der Waals surface area (Å²) < 4.78 is 70.0. The van der Waals surface area contributed by atoms with Crippen LogP contribution in [0.3, 0.4) is 0 Å². The van der Waals surface area contributed by atoms with Crippen molar-refractivity contribution in [3.8, 4) is 0 Å². The molecule has 0 amide bonds. The van der Waals surface area contributed by atoms with Gasteiger partial charge in [-0.1, -0.05) is 20.3 Å². The van der Waals surface area contributed by atoms with Gasteiger partial charge in [0.1, 0.15) is 0 Å². The van der Waals surface area contributed by atoms with E-state index < -0.39 is 48.9 Å². The van der Waals surface area contributed by atoms with Gasteiger partial charge in [0.05, 0.1) is 48.9 Å². The fraction of sp³-hybridized carbons (Fsp3) is 1.00. The zero-order valence-corrected chi connectivity index (χ0v) is 24.4. The van der Waals surface area contributed by atoms with Crippen molar-refractivity contribution < 1.29 is 90.2 Å². The molecule has 3 saturated carbocycles. The number of aliphatic hydroxyl groups is 1. The van der Waals surface area contributed by atoms with Gasteiger partial charge in [-0.2, -0.15) is 10.2 Å². The van der Waals surface area contributed by atoms with Crippen molar-refractivity contribution in [2.24, 2.45) is 33.9 Å². The van der Waals surface area contributed by atoms with Crippen molar-refractivity contribution in [1.82, 2.24) is 0 Å². The molecule has 0 aromatic carbocycles. The molecular weight excluding hydrogens is 466 g/mol. The molecule has 168 valence electrons. The first-order chi connectivity index (χ1) is 13.4. The number of azo groups is 1. The van der Waals surface area contributed by atoms with Crippen LogP contribution >= 0.6 is 0 Å². The second kappa shape index (κ2) is 11.9. The van der Waals surface area contributed by atoms with Crippen molar-refractivity contribution in [2.45, 2.75) is 87.5 Å². The molecule has 3 rings (SSSR count). The van der Waals surface area contributed by atoms with Gasteiger partial charge in [-0.15, -0.1) is 0 Å². The van der Waals surface area contributed by atoms with Gasteiger partial charge in [0.15, 0.2) is 0 Å². The van der Waals surface area contributed by atoms with Crippen LogP contribution in [0.5, 0.6) is 0 Å². The van der Waals surface area contributed by atoms with Crippen LogP contribution in [0.4, 0.5) is 0 Å². The molecule has 0 bridgehead atoms. The van der Waals surface area contributed by atoms with E-state index >= 15 is 0 Å². The van der Waals surface area contributed by atoms with E-state index in [-0.39, 0.29) is 89.2 Å². The summed E-state index contributed by atoms with van der Waals surface area (Å²) in [5, 5.41) is 17.2. The van der Waals surface area contributed by atoms with Gasteiger partial charge >= 0.3 is 59.1 Å². The van der Waals surface area contributed by atoms with Crippen molar-refractivity contribution in [2.75, 3.05) is 0 Å². The van der Waals surface area contributed by atoms with Crippen molar-refractivity contribution >= 4 is 20.2 Å². The monoisotopic (exact) mass is 496 g/mol. The Morgan fingerprint density at radius 1 is 0.806 bits per heavy atom. The standard InChI is InChI=1S/C18H32N2O7S2.2Na/c1-10-8-11(2)17(16(9-10)29(25,26)27)20-19-14-7-6-12-13(18(14)21)4-3-5-15(12)28(22,23)24;;/h10-18,21H,3-9H2,1-2H3,(H,22,23,24)(H,25,26,27);;/q;2*+1/p-2. The largest absolute Gasteiger partial charge is 1.00 e. The minimum Gasteiger partial charge on any atom is -0.748 e. The van der Waals surface area contributed by atoms with Crippen LogP contribution in [0.1, 0.15) is 58.8 Å². The molecule has 0 radical (unpaired) electrons. The number of fused-ring (bicyclic) bond motifs is 1. The first-order valence-electron chi connectivity index (χ1n) is 10.4. The molecule has 3 aliphatic carbocycles. The summed E-state index contributed by atoms with van der Waals surface area (Å²) in [6.07, 6.45) is 2.41. The van der Waals surface area contributed by atoms with E-state index in [1.807, 2.05) is 13.8 Å².